The maximum Gasteiger partial charge on any atom is 0.257 e. The first-order valence-electron chi connectivity index (χ1n) is 10.6. The Labute approximate surface area is 185 Å². The lowest BCUT2D eigenvalue weighted by Crippen LogP contribution is -2.15. The number of pyridine rings is 1. The summed E-state index contributed by atoms with van der Waals surface area (Å²) in [6.07, 6.45) is 3.72. The molecule has 0 radical (unpaired) electrons. The zero-order valence-corrected chi connectivity index (χ0v) is 18.0. The summed E-state index contributed by atoms with van der Waals surface area (Å²) in [4.78, 5) is 16.7. The number of benzene rings is 2. The Bertz CT molecular complexity index is 1130. The second kappa shape index (κ2) is 9.34. The zero-order valence-electron chi connectivity index (χ0n) is 18.0. The van der Waals surface area contributed by atoms with Crippen molar-refractivity contribution in [3.05, 3.63) is 71.4 Å². The van der Waals surface area contributed by atoms with E-state index in [9.17, 15) is 13.6 Å². The topological polar surface area (TPSA) is 60.5 Å². The van der Waals surface area contributed by atoms with E-state index in [1.165, 1.54) is 0 Å². The molecule has 7 heteroatoms. The Morgan fingerprint density at radius 3 is 2.66 bits per heavy atom. The van der Waals surface area contributed by atoms with Gasteiger partial charge in [0.2, 0.25) is 0 Å². The molecule has 32 heavy (non-hydrogen) atoms. The van der Waals surface area contributed by atoms with E-state index < -0.39 is 17.5 Å². The molecule has 4 rings (SSSR count). The van der Waals surface area contributed by atoms with Crippen LogP contribution in [0.2, 0.25) is 0 Å². The van der Waals surface area contributed by atoms with Gasteiger partial charge >= 0.3 is 0 Å². The SMILES string of the molecule is CC(C)CCCOc1ccc2c(c1)OCc1cnc(NC(=O)c3cc(F)cc(F)c3)cc1-2. The van der Waals surface area contributed by atoms with Gasteiger partial charge < -0.3 is 14.8 Å². The molecule has 166 valence electrons. The summed E-state index contributed by atoms with van der Waals surface area (Å²) in [5.41, 5.74) is 2.48. The largest absolute Gasteiger partial charge is 0.493 e. The number of nitrogens with one attached hydrogen (secondary N) is 1. The number of rotatable bonds is 7. The van der Waals surface area contributed by atoms with Crippen LogP contribution in [0.5, 0.6) is 11.5 Å². The van der Waals surface area contributed by atoms with Crippen molar-refractivity contribution < 1.29 is 23.0 Å². The minimum atomic E-state index is -0.818. The van der Waals surface area contributed by atoms with Crippen molar-refractivity contribution in [3.8, 4) is 22.6 Å². The van der Waals surface area contributed by atoms with Gasteiger partial charge in [0, 0.05) is 35.0 Å². The van der Waals surface area contributed by atoms with Crippen molar-refractivity contribution >= 4 is 11.7 Å². The summed E-state index contributed by atoms with van der Waals surface area (Å²) in [6, 6.07) is 10.1. The minimum Gasteiger partial charge on any atom is -0.493 e. The summed E-state index contributed by atoms with van der Waals surface area (Å²) < 4.78 is 38.6. The summed E-state index contributed by atoms with van der Waals surface area (Å²) in [6.45, 7) is 5.36. The second-order valence-corrected chi connectivity index (χ2v) is 8.17. The minimum absolute atomic E-state index is 0.120. The van der Waals surface area contributed by atoms with Gasteiger partial charge in [-0.3, -0.25) is 4.79 Å². The van der Waals surface area contributed by atoms with Crippen molar-refractivity contribution in [2.45, 2.75) is 33.3 Å². The van der Waals surface area contributed by atoms with Gasteiger partial charge in [0.05, 0.1) is 6.61 Å². The lowest BCUT2D eigenvalue weighted by Gasteiger charge is -2.22. The smallest absolute Gasteiger partial charge is 0.257 e. The molecule has 2 aromatic carbocycles. The number of halogens is 2. The predicted octanol–water partition coefficient (Wildman–Crippen LogP) is 5.99. The van der Waals surface area contributed by atoms with E-state index in [0.29, 0.717) is 30.9 Å². The lowest BCUT2D eigenvalue weighted by molar-refractivity contribution is 0.102. The predicted molar refractivity (Wildman–Crippen MR) is 118 cm³/mol. The van der Waals surface area contributed by atoms with E-state index in [4.69, 9.17) is 9.47 Å². The molecule has 0 aliphatic carbocycles. The van der Waals surface area contributed by atoms with Gasteiger partial charge in [-0.15, -0.1) is 0 Å². The molecule has 1 aliphatic heterocycles. The van der Waals surface area contributed by atoms with Gasteiger partial charge in [0.1, 0.15) is 35.6 Å². The van der Waals surface area contributed by atoms with Gasteiger partial charge in [0.15, 0.2) is 0 Å². The molecule has 1 N–H and O–H groups in total. The number of carbonyl (C=O) groups excluding carboxylic acids is 1. The van der Waals surface area contributed by atoms with Crippen LogP contribution in [-0.4, -0.2) is 17.5 Å². The van der Waals surface area contributed by atoms with Crippen LogP contribution in [0.15, 0.2) is 48.7 Å². The number of fused-ring (bicyclic) bond motifs is 3. The highest BCUT2D eigenvalue weighted by atomic mass is 19.1. The zero-order chi connectivity index (χ0) is 22.7. The molecule has 0 unspecified atom stereocenters. The lowest BCUT2D eigenvalue weighted by atomic mass is 9.98. The van der Waals surface area contributed by atoms with Crippen LogP contribution in [0.3, 0.4) is 0 Å². The van der Waals surface area contributed by atoms with Crippen LogP contribution in [0, 0.1) is 17.6 Å². The standard InChI is InChI=1S/C25H24F2N2O3/c1-15(2)4-3-7-31-20-5-6-21-22-12-24(28-13-17(22)14-32-23(21)11-20)29-25(30)16-8-18(26)10-19(27)9-16/h5-6,8-13,15H,3-4,7,14H2,1-2H3,(H,28,29,30). The summed E-state index contributed by atoms with van der Waals surface area (Å²) in [5.74, 6) is 0.0729. The number of anilines is 1. The Morgan fingerprint density at radius 1 is 1.12 bits per heavy atom. The van der Waals surface area contributed by atoms with Crippen molar-refractivity contribution in [2.24, 2.45) is 5.92 Å². The van der Waals surface area contributed by atoms with Crippen LogP contribution in [0.1, 0.15) is 42.6 Å². The fraction of sp³-hybridized carbons (Fsp3) is 0.280. The Morgan fingerprint density at radius 2 is 1.91 bits per heavy atom. The van der Waals surface area contributed by atoms with Crippen LogP contribution in [-0.2, 0) is 6.61 Å². The Hall–Kier alpha value is -3.48. The number of carbonyl (C=O) groups is 1. The molecule has 0 bridgehead atoms. The van der Waals surface area contributed by atoms with E-state index in [0.717, 1.165) is 47.4 Å². The van der Waals surface area contributed by atoms with E-state index in [1.807, 2.05) is 18.2 Å². The number of hydrogen-bond acceptors (Lipinski definition) is 4. The monoisotopic (exact) mass is 438 g/mol. The molecule has 1 amide bonds. The summed E-state index contributed by atoms with van der Waals surface area (Å²) in [7, 11) is 0. The Balaban J connectivity index is 1.51. The number of aromatic nitrogens is 1. The molecule has 3 aromatic rings. The molecule has 0 fully saturated rings. The maximum absolute atomic E-state index is 13.4. The quantitative estimate of drug-likeness (QED) is 0.461. The van der Waals surface area contributed by atoms with Crippen molar-refractivity contribution in [3.63, 3.8) is 0 Å². The van der Waals surface area contributed by atoms with Gasteiger partial charge in [-0.05, 0) is 54.7 Å². The fourth-order valence-electron chi connectivity index (χ4n) is 3.56. The van der Waals surface area contributed by atoms with Crippen molar-refractivity contribution in [1.29, 1.82) is 0 Å². The number of amides is 1. The Kier molecular flexibility index (Phi) is 6.35. The van der Waals surface area contributed by atoms with E-state index >= 15 is 0 Å². The average Bonchev–Trinajstić information content (AvgIpc) is 2.75. The van der Waals surface area contributed by atoms with E-state index in [2.05, 4.69) is 24.1 Å². The van der Waals surface area contributed by atoms with Gasteiger partial charge in [-0.2, -0.15) is 0 Å². The molecule has 1 aliphatic rings. The van der Waals surface area contributed by atoms with Gasteiger partial charge in [0.25, 0.3) is 5.91 Å². The summed E-state index contributed by atoms with van der Waals surface area (Å²) >= 11 is 0. The van der Waals surface area contributed by atoms with Gasteiger partial charge in [-0.1, -0.05) is 13.8 Å². The highest BCUT2D eigenvalue weighted by Crippen LogP contribution is 2.40. The molecule has 5 nitrogen and oxygen atoms in total. The van der Waals surface area contributed by atoms with Crippen LogP contribution in [0.25, 0.3) is 11.1 Å². The van der Waals surface area contributed by atoms with Crippen LogP contribution >= 0.6 is 0 Å². The van der Waals surface area contributed by atoms with Crippen LogP contribution < -0.4 is 14.8 Å². The molecule has 2 heterocycles. The second-order valence-electron chi connectivity index (χ2n) is 8.17. The van der Waals surface area contributed by atoms with Crippen molar-refractivity contribution in [2.75, 3.05) is 11.9 Å². The molecule has 0 spiro atoms. The summed E-state index contributed by atoms with van der Waals surface area (Å²) in [5, 5.41) is 2.60. The first-order chi connectivity index (χ1) is 15.4. The maximum atomic E-state index is 13.4. The van der Waals surface area contributed by atoms with Gasteiger partial charge in [-0.25, -0.2) is 13.8 Å². The molecule has 1 aromatic heterocycles. The third-order valence-corrected chi connectivity index (χ3v) is 5.17. The highest BCUT2D eigenvalue weighted by Gasteiger charge is 2.20. The van der Waals surface area contributed by atoms with E-state index in [1.54, 1.807) is 12.3 Å². The number of nitrogens with zero attached hydrogens (tertiary/aromatic N) is 1. The highest BCUT2D eigenvalue weighted by molar-refractivity contribution is 6.04. The molecule has 0 saturated heterocycles. The normalized spacial score (nSPS) is 12.0. The molecule has 0 atom stereocenters. The number of ether oxygens (including phenoxy) is 2. The number of hydrogen-bond donors (Lipinski definition) is 1. The van der Waals surface area contributed by atoms with Crippen LogP contribution in [0.4, 0.5) is 14.6 Å². The van der Waals surface area contributed by atoms with E-state index in [-0.39, 0.29) is 11.4 Å². The molecular weight excluding hydrogens is 414 g/mol. The molecule has 0 saturated carbocycles. The first kappa shape index (κ1) is 21.7. The van der Waals surface area contributed by atoms with Crippen molar-refractivity contribution in [1.82, 2.24) is 4.98 Å². The third-order valence-electron chi connectivity index (χ3n) is 5.17. The third kappa shape index (κ3) is 5.04. The average molecular weight is 438 g/mol. The first-order valence-corrected chi connectivity index (χ1v) is 10.6. The fourth-order valence-corrected chi connectivity index (χ4v) is 3.56. The molecular formula is C25H24F2N2O3.